The van der Waals surface area contributed by atoms with Gasteiger partial charge in [-0.05, 0) is 0 Å². The fourth-order valence-electron chi connectivity index (χ4n) is 3.00. The number of hydrogen-bond acceptors (Lipinski definition) is 4. The Morgan fingerprint density at radius 2 is 1.12 bits per heavy atom. The first kappa shape index (κ1) is 16.1. The van der Waals surface area contributed by atoms with Gasteiger partial charge in [0.25, 0.3) is 0 Å². The predicted octanol–water partition coefficient (Wildman–Crippen LogP) is 1.87. The van der Waals surface area contributed by atoms with E-state index in [9.17, 15) is 9.59 Å². The van der Waals surface area contributed by atoms with Crippen molar-refractivity contribution in [2.75, 3.05) is 0 Å². The van der Waals surface area contributed by atoms with Gasteiger partial charge in [0.2, 0.25) is 0 Å². The summed E-state index contributed by atoms with van der Waals surface area (Å²) in [5.74, 6) is 1.12. The number of aryl methyl sites for hydroxylation is 2. The van der Waals surface area contributed by atoms with Crippen LogP contribution in [0, 0.1) is 13.8 Å². The van der Waals surface area contributed by atoms with Crippen LogP contribution in [0.25, 0.3) is 21.9 Å². The summed E-state index contributed by atoms with van der Waals surface area (Å²) < 4.78 is 11.0. The molecule has 0 saturated carbocycles. The molecule has 0 atom stereocenters. The summed E-state index contributed by atoms with van der Waals surface area (Å²) in [6, 6.07) is 14.8. The normalized spacial score (nSPS) is 11.4. The van der Waals surface area contributed by atoms with E-state index in [0.29, 0.717) is 33.8 Å². The second-order valence-electron chi connectivity index (χ2n) is 5.70. The minimum absolute atomic E-state index is 0.129. The molecule has 4 rings (SSSR count). The Labute approximate surface area is 154 Å². The van der Waals surface area contributed by atoms with Crippen LogP contribution in [0.4, 0.5) is 0 Å². The van der Waals surface area contributed by atoms with Crippen molar-refractivity contribution in [1.82, 2.24) is 0 Å². The number of carbonyl (C=O) groups excluding carboxylic acids is 2. The Kier molecular flexibility index (Phi) is 3.95. The van der Waals surface area contributed by atoms with E-state index in [1.807, 2.05) is 48.5 Å². The summed E-state index contributed by atoms with van der Waals surface area (Å²) in [4.78, 5) is 25.7. The van der Waals surface area contributed by atoms with E-state index >= 15 is 0 Å². The van der Waals surface area contributed by atoms with Crippen LogP contribution < -0.4 is 21.2 Å². The van der Waals surface area contributed by atoms with E-state index in [2.05, 4.69) is 0 Å². The third-order valence-electron chi connectivity index (χ3n) is 4.11. The van der Waals surface area contributed by atoms with Gasteiger partial charge >= 0.3 is 154 Å². The zero-order valence-corrected chi connectivity index (χ0v) is 15.8. The maximum absolute atomic E-state index is 12.8. The molecule has 4 aromatic rings. The van der Waals surface area contributed by atoms with Gasteiger partial charge in [-0.1, -0.05) is 0 Å². The molecule has 25 heavy (non-hydrogen) atoms. The number of furan rings is 2. The predicted molar refractivity (Wildman–Crippen MR) is 90.6 cm³/mol. The van der Waals surface area contributed by atoms with E-state index in [1.165, 1.54) is 0 Å². The first-order valence-electron chi connectivity index (χ1n) is 7.76. The molecule has 0 aliphatic carbocycles. The molecule has 0 fully saturated rings. The summed E-state index contributed by atoms with van der Waals surface area (Å²) in [5, 5.41) is 1.54. The minimum atomic E-state index is -1.39. The standard InChI is InChI=1S/C20H14IO4/c1-11-17(13-7-3-5-9-15(13)24-11)19(22)21-20(23)18-12(2)25-16-10-6-4-8-14(16)18/h3-10H,1-2H3/q-1. The third kappa shape index (κ3) is 2.68. The molecule has 0 N–H and O–H groups in total. The number of carbonyl (C=O) groups is 2. The Morgan fingerprint density at radius 1 is 0.720 bits per heavy atom. The average molecular weight is 445 g/mol. The fraction of sp³-hybridized carbons (Fsp3) is 0.100. The van der Waals surface area contributed by atoms with E-state index in [0.717, 1.165) is 10.8 Å². The van der Waals surface area contributed by atoms with E-state index in [1.54, 1.807) is 13.8 Å². The number of rotatable bonds is 4. The molecule has 0 saturated heterocycles. The monoisotopic (exact) mass is 445 g/mol. The number of fused-ring (bicyclic) bond motifs is 2. The molecule has 2 aromatic carbocycles. The van der Waals surface area contributed by atoms with Gasteiger partial charge in [-0.3, -0.25) is 0 Å². The molecular weight excluding hydrogens is 431 g/mol. The molecule has 0 spiro atoms. The van der Waals surface area contributed by atoms with Crippen molar-refractivity contribution in [2.24, 2.45) is 0 Å². The molecule has 0 unspecified atom stereocenters. The van der Waals surface area contributed by atoms with Crippen LogP contribution >= 0.6 is 0 Å². The Bertz CT molecular complexity index is 1040. The van der Waals surface area contributed by atoms with Gasteiger partial charge in [0.15, 0.2) is 0 Å². The summed E-state index contributed by atoms with van der Waals surface area (Å²) in [6.45, 7) is 3.53. The van der Waals surface area contributed by atoms with Crippen molar-refractivity contribution in [1.29, 1.82) is 0 Å². The van der Waals surface area contributed by atoms with Crippen molar-refractivity contribution >= 4 is 29.5 Å². The van der Waals surface area contributed by atoms with Crippen LogP contribution in [0.5, 0.6) is 0 Å². The Balaban J connectivity index is 1.71. The fourth-order valence-corrected chi connectivity index (χ4v) is 5.32. The van der Waals surface area contributed by atoms with E-state index in [-0.39, 0.29) is 7.58 Å². The van der Waals surface area contributed by atoms with E-state index < -0.39 is 21.2 Å². The van der Waals surface area contributed by atoms with Gasteiger partial charge in [0.05, 0.1) is 0 Å². The maximum atomic E-state index is 12.8. The molecule has 0 aliphatic heterocycles. The zero-order valence-electron chi connectivity index (χ0n) is 13.6. The third-order valence-corrected chi connectivity index (χ3v) is 6.17. The molecule has 0 amide bonds. The number of para-hydroxylation sites is 2. The summed E-state index contributed by atoms with van der Waals surface area (Å²) in [7, 11) is 0. The van der Waals surface area contributed by atoms with Gasteiger partial charge < -0.3 is 0 Å². The molecule has 4 nitrogen and oxygen atoms in total. The number of halogens is 1. The SMILES string of the molecule is Cc1oc2ccccc2c1C(=O)[I-]C(=O)c1c(C)oc2ccccc12. The first-order chi connectivity index (χ1) is 12.1. The molecular formula is C20H14IO4-. The van der Waals surface area contributed by atoms with Crippen LogP contribution in [-0.2, 0) is 0 Å². The summed E-state index contributed by atoms with van der Waals surface area (Å²) in [5.41, 5.74) is 2.40. The van der Waals surface area contributed by atoms with Crippen molar-refractivity contribution in [3.8, 4) is 0 Å². The second kappa shape index (κ2) is 6.15. The van der Waals surface area contributed by atoms with Crippen LogP contribution in [0.1, 0.15) is 32.2 Å². The van der Waals surface area contributed by atoms with Crippen LogP contribution in [-0.4, -0.2) is 7.58 Å². The van der Waals surface area contributed by atoms with Gasteiger partial charge in [-0.2, -0.15) is 0 Å². The van der Waals surface area contributed by atoms with Gasteiger partial charge in [0, 0.05) is 0 Å². The summed E-state index contributed by atoms with van der Waals surface area (Å²) in [6.07, 6.45) is 0. The molecule has 0 bridgehead atoms. The average Bonchev–Trinajstić information content (AvgIpc) is 3.09. The van der Waals surface area contributed by atoms with Crippen LogP contribution in [0.2, 0.25) is 0 Å². The second-order valence-corrected chi connectivity index (χ2v) is 8.20. The number of hydrogen-bond donors (Lipinski definition) is 0. The van der Waals surface area contributed by atoms with Gasteiger partial charge in [-0.25, -0.2) is 0 Å². The molecule has 0 aliphatic rings. The molecule has 126 valence electrons. The summed E-state index contributed by atoms with van der Waals surface area (Å²) >= 11 is -1.39. The zero-order chi connectivity index (χ0) is 17.6. The van der Waals surface area contributed by atoms with Crippen molar-refractivity contribution < 1.29 is 39.6 Å². The van der Waals surface area contributed by atoms with Gasteiger partial charge in [-0.15, -0.1) is 0 Å². The molecule has 2 aromatic heterocycles. The molecule has 5 heteroatoms. The topological polar surface area (TPSA) is 60.4 Å². The van der Waals surface area contributed by atoms with Crippen LogP contribution in [0.3, 0.4) is 0 Å². The van der Waals surface area contributed by atoms with E-state index in [4.69, 9.17) is 8.83 Å². The Hall–Kier alpha value is -2.41. The quantitative estimate of drug-likeness (QED) is 0.356. The van der Waals surface area contributed by atoms with Crippen molar-refractivity contribution in [3.63, 3.8) is 0 Å². The van der Waals surface area contributed by atoms with Crippen molar-refractivity contribution in [3.05, 3.63) is 71.2 Å². The first-order valence-corrected chi connectivity index (χ1v) is 9.91. The van der Waals surface area contributed by atoms with Crippen LogP contribution in [0.15, 0.2) is 57.4 Å². The molecule has 2 heterocycles. The number of benzene rings is 2. The van der Waals surface area contributed by atoms with Gasteiger partial charge in [0.1, 0.15) is 0 Å². The molecule has 0 radical (unpaired) electrons. The van der Waals surface area contributed by atoms with Crippen molar-refractivity contribution in [2.45, 2.75) is 13.8 Å². The Morgan fingerprint density at radius 3 is 1.56 bits per heavy atom.